The van der Waals surface area contributed by atoms with Crippen LogP contribution in [-0.2, 0) is 16.6 Å². The molecule has 1 unspecified atom stereocenters. The van der Waals surface area contributed by atoms with E-state index in [1.54, 1.807) is 19.2 Å². The zero-order chi connectivity index (χ0) is 15.5. The minimum atomic E-state index is -3.66. The molecule has 0 heterocycles. The van der Waals surface area contributed by atoms with Crippen LogP contribution < -0.4 is 4.74 Å². The summed E-state index contributed by atoms with van der Waals surface area (Å²) in [5.41, 5.74) is 0.537. The third-order valence-corrected chi connectivity index (χ3v) is 5.57. The van der Waals surface area contributed by atoms with E-state index in [1.165, 1.54) is 17.5 Å². The minimum absolute atomic E-state index is 0.0848. The first-order chi connectivity index (χ1) is 9.25. The quantitative estimate of drug-likeness (QED) is 0.871. The summed E-state index contributed by atoms with van der Waals surface area (Å²) in [6.07, 6.45) is 0. The molecule has 0 saturated heterocycles. The molecule has 0 bridgehead atoms. The fourth-order valence-corrected chi connectivity index (χ4v) is 3.51. The van der Waals surface area contributed by atoms with Crippen LogP contribution in [0.5, 0.6) is 5.75 Å². The standard InChI is InChI=1S/C14H23NO4S/c1-10(2)11(3)15(4)20(17,18)14-8-12(9-16)6-7-13(14)19-5/h6-8,10-11,16H,9H2,1-5H3. The lowest BCUT2D eigenvalue weighted by molar-refractivity contribution is 0.281. The summed E-state index contributed by atoms with van der Waals surface area (Å²) in [5, 5.41) is 9.18. The Morgan fingerprint density at radius 3 is 2.35 bits per heavy atom. The molecule has 1 aromatic carbocycles. The molecular formula is C14H23NO4S. The number of sulfonamides is 1. The molecule has 0 aliphatic heterocycles. The first-order valence-electron chi connectivity index (χ1n) is 6.51. The van der Waals surface area contributed by atoms with Crippen LogP contribution in [0.4, 0.5) is 0 Å². The molecule has 114 valence electrons. The van der Waals surface area contributed by atoms with Crippen molar-refractivity contribution in [3.63, 3.8) is 0 Å². The number of nitrogens with zero attached hydrogens (tertiary/aromatic N) is 1. The molecule has 0 fully saturated rings. The van der Waals surface area contributed by atoms with E-state index in [1.807, 2.05) is 20.8 Å². The van der Waals surface area contributed by atoms with Crippen LogP contribution in [0.1, 0.15) is 26.3 Å². The molecule has 6 heteroatoms. The zero-order valence-electron chi connectivity index (χ0n) is 12.6. The van der Waals surface area contributed by atoms with Gasteiger partial charge in [0.05, 0.1) is 13.7 Å². The highest BCUT2D eigenvalue weighted by Gasteiger charge is 2.29. The van der Waals surface area contributed by atoms with Gasteiger partial charge in [0.2, 0.25) is 10.0 Å². The van der Waals surface area contributed by atoms with Gasteiger partial charge in [0.25, 0.3) is 0 Å². The van der Waals surface area contributed by atoms with Crippen molar-refractivity contribution in [1.29, 1.82) is 0 Å². The van der Waals surface area contributed by atoms with Crippen molar-refractivity contribution in [1.82, 2.24) is 4.31 Å². The average molecular weight is 301 g/mol. The molecule has 1 rings (SSSR count). The summed E-state index contributed by atoms with van der Waals surface area (Å²) >= 11 is 0. The molecule has 20 heavy (non-hydrogen) atoms. The van der Waals surface area contributed by atoms with Gasteiger partial charge >= 0.3 is 0 Å². The van der Waals surface area contributed by atoms with Crippen molar-refractivity contribution >= 4 is 10.0 Å². The Bertz CT molecular complexity index is 554. The summed E-state index contributed by atoms with van der Waals surface area (Å²) in [5.74, 6) is 0.479. The Balaban J connectivity index is 3.33. The smallest absolute Gasteiger partial charge is 0.246 e. The van der Waals surface area contributed by atoms with Crippen molar-refractivity contribution in [2.24, 2.45) is 5.92 Å². The maximum atomic E-state index is 12.7. The van der Waals surface area contributed by atoms with E-state index in [-0.39, 0.29) is 29.2 Å². The van der Waals surface area contributed by atoms with Crippen molar-refractivity contribution in [2.75, 3.05) is 14.2 Å². The van der Waals surface area contributed by atoms with Gasteiger partial charge in [0, 0.05) is 13.1 Å². The normalized spacial score (nSPS) is 13.8. The Hall–Kier alpha value is -1.11. The van der Waals surface area contributed by atoms with E-state index >= 15 is 0 Å². The molecule has 0 aliphatic carbocycles. The summed E-state index contributed by atoms with van der Waals surface area (Å²) in [6.45, 7) is 5.59. The van der Waals surface area contributed by atoms with E-state index in [4.69, 9.17) is 4.74 Å². The topological polar surface area (TPSA) is 66.8 Å². The number of hydrogen-bond donors (Lipinski definition) is 1. The second-order valence-corrected chi connectivity index (χ2v) is 7.12. The van der Waals surface area contributed by atoms with Crippen LogP contribution in [-0.4, -0.2) is 38.0 Å². The van der Waals surface area contributed by atoms with E-state index in [0.29, 0.717) is 5.56 Å². The summed E-state index contributed by atoms with van der Waals surface area (Å²) in [4.78, 5) is 0.0848. The number of hydrogen-bond acceptors (Lipinski definition) is 4. The number of rotatable bonds is 6. The Kier molecular flexibility index (Phi) is 5.56. The molecule has 0 saturated carbocycles. The van der Waals surface area contributed by atoms with Gasteiger partial charge in [-0.25, -0.2) is 8.42 Å². The van der Waals surface area contributed by atoms with Crippen LogP contribution in [0.25, 0.3) is 0 Å². The van der Waals surface area contributed by atoms with Crippen molar-refractivity contribution in [2.45, 2.75) is 38.3 Å². The van der Waals surface area contributed by atoms with Gasteiger partial charge in [-0.05, 0) is 30.5 Å². The largest absolute Gasteiger partial charge is 0.495 e. The monoisotopic (exact) mass is 301 g/mol. The van der Waals surface area contributed by atoms with Crippen LogP contribution in [0.2, 0.25) is 0 Å². The maximum Gasteiger partial charge on any atom is 0.246 e. The predicted octanol–water partition coefficient (Wildman–Crippen LogP) is 1.85. The van der Waals surface area contributed by atoms with Crippen molar-refractivity contribution < 1.29 is 18.3 Å². The third-order valence-electron chi connectivity index (χ3n) is 3.61. The molecule has 1 N–H and O–H groups in total. The summed E-state index contributed by atoms with van der Waals surface area (Å²) < 4.78 is 31.9. The van der Waals surface area contributed by atoms with E-state index in [2.05, 4.69) is 0 Å². The van der Waals surface area contributed by atoms with Crippen LogP contribution in [0.15, 0.2) is 23.1 Å². The molecular weight excluding hydrogens is 278 g/mol. The second kappa shape index (κ2) is 6.56. The van der Waals surface area contributed by atoms with E-state index in [9.17, 15) is 13.5 Å². The molecule has 1 atom stereocenters. The average Bonchev–Trinajstić information content (AvgIpc) is 2.44. The zero-order valence-corrected chi connectivity index (χ0v) is 13.4. The predicted molar refractivity (Wildman–Crippen MR) is 78.2 cm³/mol. The van der Waals surface area contributed by atoms with Gasteiger partial charge in [-0.3, -0.25) is 0 Å². The first kappa shape index (κ1) is 16.9. The Morgan fingerprint density at radius 1 is 1.30 bits per heavy atom. The van der Waals surface area contributed by atoms with Crippen LogP contribution in [0.3, 0.4) is 0 Å². The molecule has 0 amide bonds. The number of benzene rings is 1. The third kappa shape index (κ3) is 3.31. The maximum absolute atomic E-state index is 12.7. The highest BCUT2D eigenvalue weighted by molar-refractivity contribution is 7.89. The molecule has 0 radical (unpaired) electrons. The lowest BCUT2D eigenvalue weighted by Gasteiger charge is -2.27. The molecule has 1 aromatic rings. The number of aliphatic hydroxyl groups is 1. The lowest BCUT2D eigenvalue weighted by atomic mass is 10.1. The first-order valence-corrected chi connectivity index (χ1v) is 7.95. The van der Waals surface area contributed by atoms with Crippen molar-refractivity contribution in [3.8, 4) is 5.75 Å². The Morgan fingerprint density at radius 2 is 1.90 bits per heavy atom. The molecule has 0 aromatic heterocycles. The van der Waals surface area contributed by atoms with Gasteiger partial charge < -0.3 is 9.84 Å². The summed E-state index contributed by atoms with van der Waals surface area (Å²) in [7, 11) is -0.671. The van der Waals surface area contributed by atoms with Gasteiger partial charge in [-0.2, -0.15) is 4.31 Å². The van der Waals surface area contributed by atoms with E-state index in [0.717, 1.165) is 0 Å². The van der Waals surface area contributed by atoms with Crippen LogP contribution in [0, 0.1) is 5.92 Å². The molecule has 5 nitrogen and oxygen atoms in total. The Labute approximate surface area is 121 Å². The van der Waals surface area contributed by atoms with Gasteiger partial charge in [0.15, 0.2) is 0 Å². The highest BCUT2D eigenvalue weighted by Crippen LogP contribution is 2.29. The van der Waals surface area contributed by atoms with Crippen molar-refractivity contribution in [3.05, 3.63) is 23.8 Å². The number of ether oxygens (including phenoxy) is 1. The van der Waals surface area contributed by atoms with E-state index < -0.39 is 10.0 Å². The minimum Gasteiger partial charge on any atom is -0.495 e. The lowest BCUT2D eigenvalue weighted by Crippen LogP contribution is -2.38. The summed E-state index contributed by atoms with van der Waals surface area (Å²) in [6, 6.07) is 4.52. The second-order valence-electron chi connectivity index (χ2n) is 5.15. The van der Waals surface area contributed by atoms with Gasteiger partial charge in [-0.1, -0.05) is 19.9 Å². The van der Waals surface area contributed by atoms with Gasteiger partial charge in [-0.15, -0.1) is 0 Å². The fraction of sp³-hybridized carbons (Fsp3) is 0.571. The number of aliphatic hydroxyl groups excluding tert-OH is 1. The fourth-order valence-electron chi connectivity index (χ4n) is 1.81. The van der Waals surface area contributed by atoms with Crippen LogP contribution >= 0.6 is 0 Å². The molecule has 0 spiro atoms. The SMILES string of the molecule is COc1ccc(CO)cc1S(=O)(=O)N(C)C(C)C(C)C. The highest BCUT2D eigenvalue weighted by atomic mass is 32.2. The number of methoxy groups -OCH3 is 1. The van der Waals surface area contributed by atoms with Gasteiger partial charge in [0.1, 0.15) is 10.6 Å². The molecule has 0 aliphatic rings.